The summed E-state index contributed by atoms with van der Waals surface area (Å²) in [6.45, 7) is 1.70. The van der Waals surface area contributed by atoms with Crippen molar-refractivity contribution >= 4 is 16.9 Å². The lowest BCUT2D eigenvalue weighted by molar-refractivity contribution is -0.140. The van der Waals surface area contributed by atoms with Gasteiger partial charge in [0.25, 0.3) is 0 Å². The van der Waals surface area contributed by atoms with Crippen molar-refractivity contribution in [1.82, 2.24) is 19.9 Å². The average molecular weight is 417 g/mol. The van der Waals surface area contributed by atoms with Crippen molar-refractivity contribution in [3.63, 3.8) is 0 Å². The average Bonchev–Trinajstić information content (AvgIpc) is 3.14. The number of alkyl halides is 3. The van der Waals surface area contributed by atoms with Crippen molar-refractivity contribution in [2.75, 3.05) is 25.5 Å². The van der Waals surface area contributed by atoms with E-state index in [9.17, 15) is 13.2 Å². The minimum atomic E-state index is -4.47. The summed E-state index contributed by atoms with van der Waals surface area (Å²) in [5, 5.41) is 3.79. The van der Waals surface area contributed by atoms with Crippen molar-refractivity contribution in [2.24, 2.45) is 0 Å². The Balaban J connectivity index is 1.51. The van der Waals surface area contributed by atoms with Gasteiger partial charge in [0.1, 0.15) is 23.5 Å². The number of hydrogen-bond donors (Lipinski definition) is 2. The molecule has 1 aliphatic carbocycles. The zero-order valence-electron chi connectivity index (χ0n) is 16.4. The maximum absolute atomic E-state index is 13.2. The minimum Gasteiger partial charge on any atom is -0.379 e. The number of fused-ring (bicyclic) bond motifs is 2. The number of anilines is 1. The summed E-state index contributed by atoms with van der Waals surface area (Å²) in [5.74, 6) is 0.405. The number of nitrogens with zero attached hydrogens (tertiary/aromatic N) is 3. The first-order valence-corrected chi connectivity index (χ1v) is 9.96. The molecule has 2 aromatic heterocycles. The molecule has 30 heavy (non-hydrogen) atoms. The molecule has 2 atom stereocenters. The van der Waals surface area contributed by atoms with Crippen molar-refractivity contribution in [3.05, 3.63) is 53.5 Å². The number of hydrogen-bond acceptors (Lipinski definition) is 5. The Morgan fingerprint density at radius 2 is 2.00 bits per heavy atom. The van der Waals surface area contributed by atoms with Crippen LogP contribution in [0.5, 0.6) is 0 Å². The highest BCUT2D eigenvalue weighted by Gasteiger charge is 2.40. The lowest BCUT2D eigenvalue weighted by Gasteiger charge is -2.48. The van der Waals surface area contributed by atoms with Gasteiger partial charge in [-0.05, 0) is 30.0 Å². The lowest BCUT2D eigenvalue weighted by atomic mass is 9.82. The number of aromatic amines is 1. The van der Waals surface area contributed by atoms with E-state index in [1.54, 1.807) is 7.11 Å². The molecule has 3 heterocycles. The van der Waals surface area contributed by atoms with Crippen LogP contribution in [0.15, 0.2) is 36.7 Å². The molecular weight excluding hydrogens is 395 g/mol. The van der Waals surface area contributed by atoms with E-state index in [0.29, 0.717) is 11.2 Å². The quantitative estimate of drug-likeness (QED) is 0.677. The maximum Gasteiger partial charge on any atom is 0.431 e. The normalized spacial score (nSPS) is 22.7. The molecule has 1 aromatic carbocycles. The van der Waals surface area contributed by atoms with Gasteiger partial charge < -0.3 is 15.0 Å². The van der Waals surface area contributed by atoms with E-state index < -0.39 is 11.9 Å². The molecule has 3 aromatic rings. The number of H-pyrrole nitrogens is 1. The van der Waals surface area contributed by atoms with Crippen LogP contribution < -0.4 is 5.32 Å². The van der Waals surface area contributed by atoms with Crippen LogP contribution >= 0.6 is 0 Å². The fourth-order valence-electron chi connectivity index (χ4n) is 4.55. The van der Waals surface area contributed by atoms with Gasteiger partial charge in [-0.3, -0.25) is 4.90 Å². The number of nitrogens with one attached hydrogen (secondary N) is 2. The third-order valence-corrected chi connectivity index (χ3v) is 6.19. The molecule has 2 aliphatic rings. The molecule has 0 amide bonds. The monoisotopic (exact) mass is 417 g/mol. The molecule has 0 radical (unpaired) electrons. The number of likely N-dealkylation sites (tertiary alicyclic amines) is 1. The van der Waals surface area contributed by atoms with Gasteiger partial charge in [-0.2, -0.15) is 13.2 Å². The van der Waals surface area contributed by atoms with Crippen molar-refractivity contribution in [3.8, 4) is 0 Å². The summed E-state index contributed by atoms with van der Waals surface area (Å²) in [4.78, 5) is 13.0. The Bertz CT molecular complexity index is 1060. The molecule has 0 unspecified atom stereocenters. The number of aryl methyl sites for hydroxylation is 1. The Morgan fingerprint density at radius 1 is 1.20 bits per heavy atom. The van der Waals surface area contributed by atoms with Crippen molar-refractivity contribution in [2.45, 2.75) is 37.2 Å². The number of benzene rings is 1. The van der Waals surface area contributed by atoms with Crippen LogP contribution in [0.2, 0.25) is 0 Å². The van der Waals surface area contributed by atoms with E-state index in [0.717, 1.165) is 37.6 Å². The van der Waals surface area contributed by atoms with Crippen LogP contribution in [0, 0.1) is 0 Å². The number of rotatable bonds is 4. The van der Waals surface area contributed by atoms with E-state index >= 15 is 0 Å². The molecule has 0 saturated carbocycles. The fraction of sp³-hybridized carbons (Fsp3) is 0.429. The first-order chi connectivity index (χ1) is 14.4. The van der Waals surface area contributed by atoms with Gasteiger partial charge in [0, 0.05) is 26.2 Å². The van der Waals surface area contributed by atoms with Gasteiger partial charge in [0.2, 0.25) is 0 Å². The van der Waals surface area contributed by atoms with Crippen LogP contribution in [-0.4, -0.2) is 52.2 Å². The summed E-state index contributed by atoms with van der Waals surface area (Å²) >= 11 is 0. The Kier molecular flexibility index (Phi) is 4.67. The SMILES string of the molecule is COC1CN([C@H]2CCc3ccccc3[C@@H]2Nc2ncnc3[nH]c(C(F)(F)F)cc23)C1. The predicted octanol–water partition coefficient (Wildman–Crippen LogP) is 3.78. The molecule has 6 nitrogen and oxygen atoms in total. The molecule has 1 fully saturated rings. The Hall–Kier alpha value is -2.65. The summed E-state index contributed by atoms with van der Waals surface area (Å²) in [5.41, 5.74) is 1.76. The second-order valence-electron chi connectivity index (χ2n) is 7.90. The summed E-state index contributed by atoms with van der Waals surface area (Å²) in [7, 11) is 1.72. The number of halogens is 3. The molecule has 9 heteroatoms. The summed E-state index contributed by atoms with van der Waals surface area (Å²) < 4.78 is 45.0. The highest BCUT2D eigenvalue weighted by molar-refractivity contribution is 5.88. The number of aromatic nitrogens is 3. The molecule has 0 bridgehead atoms. The third-order valence-electron chi connectivity index (χ3n) is 6.19. The largest absolute Gasteiger partial charge is 0.431 e. The van der Waals surface area contributed by atoms with Gasteiger partial charge in [-0.15, -0.1) is 0 Å². The first kappa shape index (κ1) is 19.3. The van der Waals surface area contributed by atoms with Gasteiger partial charge in [-0.1, -0.05) is 24.3 Å². The Labute approximate surface area is 171 Å². The zero-order valence-corrected chi connectivity index (χ0v) is 16.4. The molecule has 1 saturated heterocycles. The molecule has 1 aliphatic heterocycles. The third kappa shape index (κ3) is 3.31. The van der Waals surface area contributed by atoms with E-state index in [4.69, 9.17) is 4.74 Å². The predicted molar refractivity (Wildman–Crippen MR) is 106 cm³/mol. The van der Waals surface area contributed by atoms with Gasteiger partial charge in [-0.25, -0.2) is 9.97 Å². The number of ether oxygens (including phenoxy) is 1. The summed E-state index contributed by atoms with van der Waals surface area (Å²) in [6, 6.07) is 9.41. The molecule has 2 N–H and O–H groups in total. The standard InChI is InChI=1S/C21H22F3N5O/c1-30-13-9-29(10-13)16-7-6-12-4-2-3-5-14(12)18(16)28-20-15-8-17(21(22,23)24)27-19(15)25-11-26-20/h2-5,8,11,13,16,18H,6-7,9-10H2,1H3,(H2,25,26,27,28)/t16-,18-/m0/s1. The number of methoxy groups -OCH3 is 1. The van der Waals surface area contributed by atoms with E-state index in [2.05, 4.69) is 37.3 Å². The molecule has 0 spiro atoms. The highest BCUT2D eigenvalue weighted by Crippen LogP contribution is 2.39. The van der Waals surface area contributed by atoms with Gasteiger partial charge in [0.05, 0.1) is 17.5 Å². The van der Waals surface area contributed by atoms with E-state index in [1.807, 2.05) is 12.1 Å². The zero-order chi connectivity index (χ0) is 20.9. The molecule has 5 rings (SSSR count). The fourth-order valence-corrected chi connectivity index (χ4v) is 4.55. The van der Waals surface area contributed by atoms with Gasteiger partial charge >= 0.3 is 6.18 Å². The van der Waals surface area contributed by atoms with Crippen molar-refractivity contribution < 1.29 is 17.9 Å². The van der Waals surface area contributed by atoms with Crippen LogP contribution in [0.25, 0.3) is 11.0 Å². The maximum atomic E-state index is 13.2. The van der Waals surface area contributed by atoms with Crippen molar-refractivity contribution in [1.29, 1.82) is 0 Å². The van der Waals surface area contributed by atoms with Crippen LogP contribution in [-0.2, 0) is 17.3 Å². The van der Waals surface area contributed by atoms with Crippen LogP contribution in [0.3, 0.4) is 0 Å². The van der Waals surface area contributed by atoms with E-state index in [1.165, 1.54) is 11.9 Å². The minimum absolute atomic E-state index is 0.0879. The van der Waals surface area contributed by atoms with E-state index in [-0.39, 0.29) is 23.8 Å². The van der Waals surface area contributed by atoms with Gasteiger partial charge in [0.15, 0.2) is 0 Å². The second-order valence-corrected chi connectivity index (χ2v) is 7.90. The lowest BCUT2D eigenvalue weighted by Crippen LogP contribution is -2.59. The molecule has 158 valence electrons. The Morgan fingerprint density at radius 3 is 2.77 bits per heavy atom. The van der Waals surface area contributed by atoms with Crippen LogP contribution in [0.1, 0.15) is 29.3 Å². The second kappa shape index (κ2) is 7.24. The summed E-state index contributed by atoms with van der Waals surface area (Å²) in [6.07, 6.45) is -1.03. The molecular formula is C21H22F3N5O. The topological polar surface area (TPSA) is 66.1 Å². The first-order valence-electron chi connectivity index (χ1n) is 9.96. The highest BCUT2D eigenvalue weighted by atomic mass is 19.4. The van der Waals surface area contributed by atoms with Crippen LogP contribution in [0.4, 0.5) is 19.0 Å². The smallest absolute Gasteiger partial charge is 0.379 e.